The highest BCUT2D eigenvalue weighted by Gasteiger charge is 2.20. The molecule has 0 bridgehead atoms. The molecule has 6 heteroatoms. The van der Waals surface area contributed by atoms with E-state index in [1.807, 2.05) is 23.8 Å². The normalized spacial score (nSPS) is 13.9. The van der Waals surface area contributed by atoms with Crippen LogP contribution in [0.15, 0.2) is 17.5 Å². The summed E-state index contributed by atoms with van der Waals surface area (Å²) in [6.07, 6.45) is 2.66. The molecule has 0 aliphatic rings. The summed E-state index contributed by atoms with van der Waals surface area (Å²) in [7, 11) is 0. The zero-order valence-electron chi connectivity index (χ0n) is 10.7. The number of aliphatic hydroxyl groups is 1. The molecule has 0 aliphatic carbocycles. The van der Waals surface area contributed by atoms with Crippen molar-refractivity contribution in [1.82, 2.24) is 10.6 Å². The number of carbonyl (C=O) groups excluding carboxylic acids is 1. The van der Waals surface area contributed by atoms with Gasteiger partial charge < -0.3 is 15.7 Å². The van der Waals surface area contributed by atoms with Gasteiger partial charge in [-0.1, -0.05) is 6.07 Å². The lowest BCUT2D eigenvalue weighted by Gasteiger charge is -2.23. The highest BCUT2D eigenvalue weighted by Crippen LogP contribution is 2.11. The van der Waals surface area contributed by atoms with Gasteiger partial charge in [-0.3, -0.25) is 0 Å². The number of rotatable bonds is 7. The van der Waals surface area contributed by atoms with Crippen molar-refractivity contribution < 1.29 is 9.90 Å². The highest BCUT2D eigenvalue weighted by atomic mass is 32.2. The Bertz CT molecular complexity index is 353. The molecular weight excluding hydrogens is 268 g/mol. The molecule has 1 heterocycles. The van der Waals surface area contributed by atoms with Gasteiger partial charge in [-0.15, -0.1) is 11.3 Å². The molecule has 1 atom stereocenters. The first-order valence-electron chi connectivity index (χ1n) is 5.79. The van der Waals surface area contributed by atoms with Crippen LogP contribution in [-0.4, -0.2) is 35.3 Å². The molecule has 0 aliphatic heterocycles. The predicted molar refractivity (Wildman–Crippen MR) is 78.2 cm³/mol. The molecule has 1 rings (SSSR count). The van der Waals surface area contributed by atoms with Gasteiger partial charge >= 0.3 is 6.03 Å². The summed E-state index contributed by atoms with van der Waals surface area (Å²) in [6, 6.07) is 3.68. The first-order valence-corrected chi connectivity index (χ1v) is 8.06. The van der Waals surface area contributed by atoms with E-state index in [0.29, 0.717) is 13.0 Å². The van der Waals surface area contributed by atoms with Gasteiger partial charge in [0.05, 0.1) is 12.1 Å². The van der Waals surface area contributed by atoms with Gasteiger partial charge in [-0.25, -0.2) is 4.79 Å². The Kier molecular flexibility index (Phi) is 6.52. The molecule has 1 aromatic rings. The van der Waals surface area contributed by atoms with Crippen LogP contribution in [0, 0.1) is 0 Å². The topological polar surface area (TPSA) is 61.4 Å². The van der Waals surface area contributed by atoms with E-state index in [0.717, 1.165) is 10.6 Å². The van der Waals surface area contributed by atoms with E-state index in [4.69, 9.17) is 0 Å². The minimum absolute atomic E-state index is 0.243. The number of amides is 2. The zero-order valence-corrected chi connectivity index (χ0v) is 12.4. The van der Waals surface area contributed by atoms with Gasteiger partial charge in [-0.2, -0.15) is 11.8 Å². The Morgan fingerprint density at radius 3 is 2.94 bits per heavy atom. The van der Waals surface area contributed by atoms with Crippen molar-refractivity contribution in [2.45, 2.75) is 25.5 Å². The monoisotopic (exact) mass is 288 g/mol. The Balaban J connectivity index is 2.20. The molecule has 4 nitrogen and oxygen atoms in total. The summed E-state index contributed by atoms with van der Waals surface area (Å²) in [5.41, 5.74) is -0.844. The smallest absolute Gasteiger partial charge is 0.315 e. The molecule has 0 saturated carbocycles. The number of hydrogen-bond acceptors (Lipinski definition) is 4. The van der Waals surface area contributed by atoms with Crippen LogP contribution in [-0.2, 0) is 6.54 Å². The summed E-state index contributed by atoms with van der Waals surface area (Å²) in [5, 5.41) is 17.4. The van der Waals surface area contributed by atoms with Crippen molar-refractivity contribution in [2.24, 2.45) is 0 Å². The van der Waals surface area contributed by atoms with E-state index >= 15 is 0 Å². The number of urea groups is 1. The molecule has 3 N–H and O–H groups in total. The van der Waals surface area contributed by atoms with E-state index in [1.165, 1.54) is 0 Å². The summed E-state index contributed by atoms with van der Waals surface area (Å²) < 4.78 is 0. The van der Waals surface area contributed by atoms with Gasteiger partial charge in [0.25, 0.3) is 0 Å². The Morgan fingerprint density at radius 2 is 2.33 bits per heavy atom. The molecule has 0 saturated heterocycles. The predicted octanol–water partition coefficient (Wildman–Crippen LogP) is 2.05. The fraction of sp³-hybridized carbons (Fsp3) is 0.583. The first-order chi connectivity index (χ1) is 8.53. The lowest BCUT2D eigenvalue weighted by Crippen LogP contribution is -2.44. The zero-order chi connectivity index (χ0) is 13.4. The summed E-state index contributed by atoms with van der Waals surface area (Å²) in [4.78, 5) is 12.6. The minimum atomic E-state index is -0.844. The molecule has 18 heavy (non-hydrogen) atoms. The second-order valence-electron chi connectivity index (χ2n) is 4.36. The molecule has 1 unspecified atom stereocenters. The van der Waals surface area contributed by atoms with E-state index < -0.39 is 5.60 Å². The first kappa shape index (κ1) is 15.3. The lowest BCUT2D eigenvalue weighted by molar-refractivity contribution is 0.0594. The van der Waals surface area contributed by atoms with E-state index in [-0.39, 0.29) is 12.6 Å². The average molecular weight is 288 g/mol. The lowest BCUT2D eigenvalue weighted by atomic mass is 10.0. The second-order valence-corrected chi connectivity index (χ2v) is 6.37. The highest BCUT2D eigenvalue weighted by molar-refractivity contribution is 7.98. The fourth-order valence-corrected chi connectivity index (χ4v) is 2.61. The molecule has 0 radical (unpaired) electrons. The van der Waals surface area contributed by atoms with E-state index in [1.54, 1.807) is 30.0 Å². The molecule has 0 fully saturated rings. The molecule has 0 spiro atoms. The van der Waals surface area contributed by atoms with Crippen molar-refractivity contribution >= 4 is 29.1 Å². The largest absolute Gasteiger partial charge is 0.388 e. The van der Waals surface area contributed by atoms with Crippen molar-refractivity contribution in [3.05, 3.63) is 22.4 Å². The number of carbonyl (C=O) groups is 1. The van der Waals surface area contributed by atoms with Gasteiger partial charge in [0.15, 0.2) is 0 Å². The van der Waals surface area contributed by atoms with Crippen LogP contribution in [0.3, 0.4) is 0 Å². The fourth-order valence-electron chi connectivity index (χ4n) is 1.32. The average Bonchev–Trinajstić information content (AvgIpc) is 2.84. The maximum Gasteiger partial charge on any atom is 0.315 e. The Morgan fingerprint density at radius 1 is 1.56 bits per heavy atom. The standard InChI is InChI=1S/C12H20N2O2S2/c1-12(16,5-7-17-2)9-14-11(15)13-8-10-4-3-6-18-10/h3-4,6,16H,5,7-9H2,1-2H3,(H2,13,14,15). The SMILES string of the molecule is CSCCC(C)(O)CNC(=O)NCc1cccs1. The Labute approximate surface area is 116 Å². The van der Waals surface area contributed by atoms with Crippen LogP contribution in [0.25, 0.3) is 0 Å². The van der Waals surface area contributed by atoms with Crippen LogP contribution in [0.5, 0.6) is 0 Å². The number of thiophene rings is 1. The molecule has 1 aromatic heterocycles. The van der Waals surface area contributed by atoms with Crippen LogP contribution < -0.4 is 10.6 Å². The second kappa shape index (κ2) is 7.66. The van der Waals surface area contributed by atoms with Gasteiger partial charge in [0.2, 0.25) is 0 Å². The molecule has 102 valence electrons. The van der Waals surface area contributed by atoms with E-state index in [9.17, 15) is 9.90 Å². The third-order valence-electron chi connectivity index (χ3n) is 2.48. The summed E-state index contributed by atoms with van der Waals surface area (Å²) >= 11 is 3.29. The minimum Gasteiger partial charge on any atom is -0.388 e. The van der Waals surface area contributed by atoms with Crippen molar-refractivity contribution in [3.63, 3.8) is 0 Å². The van der Waals surface area contributed by atoms with Gasteiger partial charge in [-0.05, 0) is 36.8 Å². The third kappa shape index (κ3) is 6.28. The van der Waals surface area contributed by atoms with E-state index in [2.05, 4.69) is 10.6 Å². The van der Waals surface area contributed by atoms with Crippen LogP contribution in [0.2, 0.25) is 0 Å². The van der Waals surface area contributed by atoms with Crippen molar-refractivity contribution in [1.29, 1.82) is 0 Å². The Hall–Kier alpha value is -0.720. The molecule has 0 aromatic carbocycles. The van der Waals surface area contributed by atoms with Gasteiger partial charge in [0, 0.05) is 11.4 Å². The summed E-state index contributed by atoms with van der Waals surface area (Å²) in [6.45, 7) is 2.53. The number of nitrogens with one attached hydrogen (secondary N) is 2. The van der Waals surface area contributed by atoms with Gasteiger partial charge in [0.1, 0.15) is 0 Å². The summed E-state index contributed by atoms with van der Waals surface area (Å²) in [5.74, 6) is 0.880. The maximum atomic E-state index is 11.5. The van der Waals surface area contributed by atoms with Crippen molar-refractivity contribution in [2.75, 3.05) is 18.6 Å². The van der Waals surface area contributed by atoms with Crippen LogP contribution >= 0.6 is 23.1 Å². The quantitative estimate of drug-likeness (QED) is 0.719. The van der Waals surface area contributed by atoms with Crippen molar-refractivity contribution in [3.8, 4) is 0 Å². The molecular formula is C12H20N2O2S2. The number of thioether (sulfide) groups is 1. The van der Waals surface area contributed by atoms with Crippen LogP contribution in [0.4, 0.5) is 4.79 Å². The molecule has 2 amide bonds. The van der Waals surface area contributed by atoms with Crippen LogP contribution in [0.1, 0.15) is 18.2 Å². The third-order valence-corrected chi connectivity index (χ3v) is 3.97. The maximum absolute atomic E-state index is 11.5. The number of hydrogen-bond donors (Lipinski definition) is 3.